The van der Waals surface area contributed by atoms with Gasteiger partial charge in [0, 0.05) is 12.3 Å². The van der Waals surface area contributed by atoms with Gasteiger partial charge in [-0.15, -0.1) is 0 Å². The lowest BCUT2D eigenvalue weighted by atomic mass is 10.2. The van der Waals surface area contributed by atoms with Crippen molar-refractivity contribution in [3.05, 3.63) is 24.3 Å². The van der Waals surface area contributed by atoms with Crippen LogP contribution in [0.15, 0.2) is 29.2 Å². The zero-order chi connectivity index (χ0) is 17.6. The number of nitrogens with one attached hydrogen (secondary N) is 3. The second-order valence-corrected chi connectivity index (χ2v) is 7.39. The van der Waals surface area contributed by atoms with Crippen LogP contribution in [0.4, 0.5) is 10.5 Å². The molecule has 0 bridgehead atoms. The van der Waals surface area contributed by atoms with Gasteiger partial charge in [-0.1, -0.05) is 19.1 Å². The predicted octanol–water partition coefficient (Wildman–Crippen LogP) is 1.51. The number of benzene rings is 1. The highest BCUT2D eigenvalue weighted by molar-refractivity contribution is 7.90. The van der Waals surface area contributed by atoms with Crippen molar-refractivity contribution >= 4 is 27.5 Å². The SMILES string of the molecule is CC[C@@H](C)NC(=O)[C@@H](C)NC(=O)Nc1ccccc1S(C)(=O)=O. The van der Waals surface area contributed by atoms with Gasteiger partial charge in [0.2, 0.25) is 5.91 Å². The van der Waals surface area contributed by atoms with E-state index in [9.17, 15) is 18.0 Å². The highest BCUT2D eigenvalue weighted by atomic mass is 32.2. The van der Waals surface area contributed by atoms with Crippen LogP contribution >= 0.6 is 0 Å². The topological polar surface area (TPSA) is 104 Å². The molecule has 0 aliphatic rings. The van der Waals surface area contributed by atoms with E-state index in [-0.39, 0.29) is 22.5 Å². The number of hydrogen-bond acceptors (Lipinski definition) is 4. The van der Waals surface area contributed by atoms with Crippen molar-refractivity contribution in [2.75, 3.05) is 11.6 Å². The van der Waals surface area contributed by atoms with Crippen LogP contribution in [0.3, 0.4) is 0 Å². The van der Waals surface area contributed by atoms with E-state index in [2.05, 4.69) is 16.0 Å². The molecule has 7 nitrogen and oxygen atoms in total. The number of urea groups is 1. The fourth-order valence-corrected chi connectivity index (χ4v) is 2.63. The maximum Gasteiger partial charge on any atom is 0.319 e. The second kappa shape index (κ2) is 7.96. The van der Waals surface area contributed by atoms with E-state index < -0.39 is 21.9 Å². The molecule has 0 spiro atoms. The molecule has 128 valence electrons. The zero-order valence-corrected chi connectivity index (χ0v) is 14.5. The largest absolute Gasteiger partial charge is 0.352 e. The number of anilines is 1. The number of hydrogen-bond donors (Lipinski definition) is 3. The highest BCUT2D eigenvalue weighted by Crippen LogP contribution is 2.20. The van der Waals surface area contributed by atoms with Gasteiger partial charge in [0.05, 0.1) is 10.6 Å². The molecule has 0 heterocycles. The summed E-state index contributed by atoms with van der Waals surface area (Å²) in [5.41, 5.74) is 0.169. The number of amides is 3. The van der Waals surface area contributed by atoms with Crippen molar-refractivity contribution < 1.29 is 18.0 Å². The van der Waals surface area contributed by atoms with E-state index in [4.69, 9.17) is 0 Å². The third-order valence-corrected chi connectivity index (χ3v) is 4.43. The molecule has 1 aromatic carbocycles. The molecular formula is C15H23N3O4S. The van der Waals surface area contributed by atoms with Crippen LogP contribution in [-0.4, -0.2) is 38.7 Å². The molecule has 8 heteroatoms. The molecule has 3 N–H and O–H groups in total. The van der Waals surface area contributed by atoms with Crippen LogP contribution in [0.25, 0.3) is 0 Å². The van der Waals surface area contributed by atoms with Gasteiger partial charge in [-0.2, -0.15) is 0 Å². The summed E-state index contributed by atoms with van der Waals surface area (Å²) in [6.45, 7) is 5.37. The van der Waals surface area contributed by atoms with Gasteiger partial charge in [0.15, 0.2) is 9.84 Å². The van der Waals surface area contributed by atoms with Crippen molar-refractivity contribution in [2.24, 2.45) is 0 Å². The summed E-state index contributed by atoms with van der Waals surface area (Å²) in [7, 11) is -3.46. The second-order valence-electron chi connectivity index (χ2n) is 5.41. The van der Waals surface area contributed by atoms with Crippen molar-refractivity contribution in [1.82, 2.24) is 10.6 Å². The first-order valence-electron chi connectivity index (χ1n) is 7.32. The normalized spacial score (nSPS) is 13.7. The number of carbonyl (C=O) groups is 2. The third-order valence-electron chi connectivity index (χ3n) is 3.28. The molecule has 0 aliphatic heterocycles. The van der Waals surface area contributed by atoms with Gasteiger partial charge in [-0.25, -0.2) is 13.2 Å². The van der Waals surface area contributed by atoms with Gasteiger partial charge < -0.3 is 16.0 Å². The lowest BCUT2D eigenvalue weighted by molar-refractivity contribution is -0.123. The van der Waals surface area contributed by atoms with E-state index >= 15 is 0 Å². The highest BCUT2D eigenvalue weighted by Gasteiger charge is 2.19. The Morgan fingerprint density at radius 2 is 1.74 bits per heavy atom. The number of rotatable bonds is 6. The molecule has 0 aromatic heterocycles. The average Bonchev–Trinajstić information content (AvgIpc) is 2.46. The summed E-state index contributed by atoms with van der Waals surface area (Å²) in [6, 6.07) is 4.71. The molecular weight excluding hydrogens is 318 g/mol. The maximum absolute atomic E-state index is 12.0. The van der Waals surface area contributed by atoms with Gasteiger partial charge in [-0.05, 0) is 32.4 Å². The number of carbonyl (C=O) groups excluding carboxylic acids is 2. The molecule has 1 rings (SSSR count). The molecule has 0 saturated carbocycles. The van der Waals surface area contributed by atoms with Crippen LogP contribution < -0.4 is 16.0 Å². The molecule has 0 radical (unpaired) electrons. The summed E-state index contributed by atoms with van der Waals surface area (Å²) in [6.07, 6.45) is 1.85. The number of para-hydroxylation sites is 1. The van der Waals surface area contributed by atoms with Crippen LogP contribution in [0.1, 0.15) is 27.2 Å². The van der Waals surface area contributed by atoms with E-state index in [0.29, 0.717) is 0 Å². The first kappa shape index (κ1) is 19.0. The van der Waals surface area contributed by atoms with Gasteiger partial charge in [-0.3, -0.25) is 4.79 Å². The standard InChI is InChI=1S/C15H23N3O4S/c1-5-10(2)16-14(19)11(3)17-15(20)18-12-8-6-7-9-13(12)23(4,21)22/h6-11H,5H2,1-4H3,(H,16,19)(H2,17,18,20)/t10-,11-/m1/s1. The molecule has 0 aliphatic carbocycles. The van der Waals surface area contributed by atoms with Gasteiger partial charge in [0.25, 0.3) is 0 Å². The van der Waals surface area contributed by atoms with Crippen LogP contribution in [-0.2, 0) is 14.6 Å². The summed E-state index contributed by atoms with van der Waals surface area (Å²) < 4.78 is 23.4. The summed E-state index contributed by atoms with van der Waals surface area (Å²) >= 11 is 0. The molecule has 1 aromatic rings. The Hall–Kier alpha value is -2.09. The zero-order valence-electron chi connectivity index (χ0n) is 13.7. The minimum absolute atomic E-state index is 0.0146. The Bertz CT molecular complexity index is 673. The van der Waals surface area contributed by atoms with Crippen molar-refractivity contribution in [3.63, 3.8) is 0 Å². The molecule has 2 atom stereocenters. The Balaban J connectivity index is 2.73. The molecule has 0 fully saturated rings. The summed E-state index contributed by atoms with van der Waals surface area (Å²) in [4.78, 5) is 23.9. The Kier molecular flexibility index (Phi) is 6.56. The lowest BCUT2D eigenvalue weighted by Crippen LogP contribution is -2.48. The third kappa shape index (κ3) is 5.90. The Labute approximate surface area is 136 Å². The first-order valence-corrected chi connectivity index (χ1v) is 9.21. The van der Waals surface area contributed by atoms with E-state index in [1.807, 2.05) is 13.8 Å². The minimum atomic E-state index is -3.46. The molecule has 23 heavy (non-hydrogen) atoms. The summed E-state index contributed by atoms with van der Waals surface area (Å²) in [5.74, 6) is -0.300. The predicted molar refractivity (Wildman–Crippen MR) is 89.1 cm³/mol. The van der Waals surface area contributed by atoms with Gasteiger partial charge >= 0.3 is 6.03 Å². The maximum atomic E-state index is 12.0. The first-order chi connectivity index (χ1) is 10.6. The monoisotopic (exact) mass is 341 g/mol. The smallest absolute Gasteiger partial charge is 0.319 e. The van der Waals surface area contributed by atoms with E-state index in [1.165, 1.54) is 12.1 Å². The Morgan fingerprint density at radius 3 is 2.30 bits per heavy atom. The van der Waals surface area contributed by atoms with Gasteiger partial charge in [0.1, 0.15) is 6.04 Å². The van der Waals surface area contributed by atoms with Crippen molar-refractivity contribution in [1.29, 1.82) is 0 Å². The van der Waals surface area contributed by atoms with E-state index in [0.717, 1.165) is 12.7 Å². The fourth-order valence-electron chi connectivity index (χ4n) is 1.78. The molecule has 3 amide bonds. The van der Waals surface area contributed by atoms with Crippen molar-refractivity contribution in [2.45, 2.75) is 44.2 Å². The Morgan fingerprint density at radius 1 is 1.13 bits per heavy atom. The quantitative estimate of drug-likeness (QED) is 0.729. The molecule has 0 unspecified atom stereocenters. The van der Waals surface area contributed by atoms with E-state index in [1.54, 1.807) is 19.1 Å². The minimum Gasteiger partial charge on any atom is -0.352 e. The lowest BCUT2D eigenvalue weighted by Gasteiger charge is -2.18. The van der Waals surface area contributed by atoms with Crippen molar-refractivity contribution in [3.8, 4) is 0 Å². The number of sulfone groups is 1. The van der Waals surface area contributed by atoms with Crippen LogP contribution in [0, 0.1) is 0 Å². The van der Waals surface area contributed by atoms with Crippen LogP contribution in [0.5, 0.6) is 0 Å². The summed E-state index contributed by atoms with van der Waals surface area (Å²) in [5, 5.41) is 7.70. The average molecular weight is 341 g/mol. The van der Waals surface area contributed by atoms with Crippen LogP contribution in [0.2, 0.25) is 0 Å². The molecule has 0 saturated heterocycles. The fraction of sp³-hybridized carbons (Fsp3) is 0.467.